The molecule has 2 aromatic carbocycles. The highest BCUT2D eigenvalue weighted by Crippen LogP contribution is 2.28. The Morgan fingerprint density at radius 1 is 1.15 bits per heavy atom. The van der Waals surface area contributed by atoms with E-state index < -0.39 is 29.9 Å². The van der Waals surface area contributed by atoms with Crippen molar-refractivity contribution < 1.29 is 14.4 Å². The van der Waals surface area contributed by atoms with Crippen LogP contribution in [0.2, 0.25) is 0 Å². The highest BCUT2D eigenvalue weighted by Gasteiger charge is 2.49. The van der Waals surface area contributed by atoms with Gasteiger partial charge >= 0.3 is 6.03 Å². The summed E-state index contributed by atoms with van der Waals surface area (Å²) in [4.78, 5) is 38.2. The summed E-state index contributed by atoms with van der Waals surface area (Å²) in [6.07, 6.45) is 0. The molecule has 0 unspecified atom stereocenters. The Bertz CT molecular complexity index is 920. The number of rotatable bonds is 4. The van der Waals surface area contributed by atoms with Gasteiger partial charge in [0, 0.05) is 0 Å². The molecule has 2 aromatic rings. The van der Waals surface area contributed by atoms with E-state index in [1.54, 1.807) is 55.5 Å². The molecular weight excluding hydrogens is 332 g/mol. The lowest BCUT2D eigenvalue weighted by atomic mass is 9.92. The number of imide groups is 1. The van der Waals surface area contributed by atoms with Crippen molar-refractivity contribution in [3.05, 3.63) is 65.7 Å². The van der Waals surface area contributed by atoms with E-state index in [2.05, 4.69) is 10.6 Å². The van der Waals surface area contributed by atoms with Gasteiger partial charge in [0.2, 0.25) is 5.91 Å². The normalized spacial score (nSPS) is 19.0. The molecule has 1 saturated heterocycles. The largest absolute Gasteiger partial charge is 0.325 e. The fourth-order valence-corrected chi connectivity index (χ4v) is 2.83. The van der Waals surface area contributed by atoms with Gasteiger partial charge in [0.25, 0.3) is 5.91 Å². The first-order chi connectivity index (χ1) is 12.5. The lowest BCUT2D eigenvalue weighted by Crippen LogP contribution is -2.42. The van der Waals surface area contributed by atoms with Crippen LogP contribution in [0.5, 0.6) is 0 Å². The number of anilines is 1. The number of carbonyl (C=O) groups is 3. The number of benzene rings is 2. The Balaban J connectivity index is 1.76. The van der Waals surface area contributed by atoms with Gasteiger partial charge in [-0.2, -0.15) is 5.26 Å². The fourth-order valence-electron chi connectivity index (χ4n) is 2.83. The van der Waals surface area contributed by atoms with Crippen molar-refractivity contribution in [3.8, 4) is 6.07 Å². The molecule has 1 heterocycles. The molecule has 1 aliphatic heterocycles. The first kappa shape index (κ1) is 17.2. The number of nitriles is 1. The van der Waals surface area contributed by atoms with Crippen LogP contribution in [0.4, 0.5) is 10.5 Å². The van der Waals surface area contributed by atoms with Crippen molar-refractivity contribution >= 4 is 23.5 Å². The molecule has 1 aliphatic rings. The second kappa shape index (κ2) is 6.69. The molecule has 1 atom stereocenters. The fraction of sp³-hybridized carbons (Fsp3) is 0.158. The number of urea groups is 1. The average molecular weight is 348 g/mol. The topological polar surface area (TPSA) is 102 Å². The van der Waals surface area contributed by atoms with E-state index in [-0.39, 0.29) is 0 Å². The molecule has 7 heteroatoms. The zero-order valence-electron chi connectivity index (χ0n) is 14.0. The van der Waals surface area contributed by atoms with E-state index >= 15 is 0 Å². The van der Waals surface area contributed by atoms with Crippen molar-refractivity contribution in [2.45, 2.75) is 12.5 Å². The number of amides is 4. The number of hydrogen-bond donors (Lipinski definition) is 2. The van der Waals surface area contributed by atoms with Gasteiger partial charge in [0.15, 0.2) is 0 Å². The predicted octanol–water partition coefficient (Wildman–Crippen LogP) is 1.96. The van der Waals surface area contributed by atoms with Crippen LogP contribution in [-0.2, 0) is 15.1 Å². The Morgan fingerprint density at radius 3 is 2.50 bits per heavy atom. The van der Waals surface area contributed by atoms with Crippen LogP contribution in [0.1, 0.15) is 18.1 Å². The SMILES string of the molecule is C[C@@]1(c2ccccc2)NC(=O)N(CC(=O)Nc2ccccc2C#N)C1=O. The van der Waals surface area contributed by atoms with Gasteiger partial charge in [-0.1, -0.05) is 42.5 Å². The van der Waals surface area contributed by atoms with Gasteiger partial charge in [0.1, 0.15) is 18.2 Å². The van der Waals surface area contributed by atoms with Crippen LogP contribution in [0.15, 0.2) is 54.6 Å². The molecule has 2 N–H and O–H groups in total. The number of nitrogens with zero attached hydrogens (tertiary/aromatic N) is 2. The van der Waals surface area contributed by atoms with E-state index in [4.69, 9.17) is 5.26 Å². The third kappa shape index (κ3) is 3.00. The summed E-state index contributed by atoms with van der Waals surface area (Å²) in [5.74, 6) is -1.06. The van der Waals surface area contributed by atoms with E-state index in [9.17, 15) is 14.4 Å². The molecule has 0 saturated carbocycles. The first-order valence-electron chi connectivity index (χ1n) is 7.94. The second-order valence-electron chi connectivity index (χ2n) is 6.02. The molecule has 0 spiro atoms. The van der Waals surface area contributed by atoms with Crippen molar-refractivity contribution in [2.24, 2.45) is 0 Å². The quantitative estimate of drug-likeness (QED) is 0.825. The van der Waals surface area contributed by atoms with Gasteiger partial charge in [-0.3, -0.25) is 14.5 Å². The molecule has 3 rings (SSSR count). The average Bonchev–Trinajstić information content (AvgIpc) is 2.87. The highest BCUT2D eigenvalue weighted by atomic mass is 16.2. The Hall–Kier alpha value is -3.66. The number of hydrogen-bond acceptors (Lipinski definition) is 4. The highest BCUT2D eigenvalue weighted by molar-refractivity contribution is 6.10. The molecule has 0 bridgehead atoms. The van der Waals surface area contributed by atoms with Crippen LogP contribution in [0.3, 0.4) is 0 Å². The molecule has 0 aromatic heterocycles. The van der Waals surface area contributed by atoms with Crippen molar-refractivity contribution in [1.82, 2.24) is 10.2 Å². The van der Waals surface area contributed by atoms with Crippen molar-refractivity contribution in [3.63, 3.8) is 0 Å². The second-order valence-corrected chi connectivity index (χ2v) is 6.02. The maximum Gasteiger partial charge on any atom is 0.325 e. The summed E-state index contributed by atoms with van der Waals surface area (Å²) in [6, 6.07) is 16.7. The molecule has 0 radical (unpaired) electrons. The number of nitrogens with one attached hydrogen (secondary N) is 2. The summed E-state index contributed by atoms with van der Waals surface area (Å²) in [6.45, 7) is 1.16. The number of para-hydroxylation sites is 1. The van der Waals surface area contributed by atoms with Crippen molar-refractivity contribution in [2.75, 3.05) is 11.9 Å². The molecule has 1 fully saturated rings. The maximum atomic E-state index is 12.8. The maximum absolute atomic E-state index is 12.8. The standard InChI is InChI=1S/C19H16N4O3/c1-19(14-8-3-2-4-9-14)17(25)23(18(26)22-19)12-16(24)21-15-10-6-5-7-13(15)11-20/h2-10H,12H2,1H3,(H,21,24)(H,22,26)/t19-/m0/s1. The summed E-state index contributed by atoms with van der Waals surface area (Å²) in [5, 5.41) is 14.3. The summed E-state index contributed by atoms with van der Waals surface area (Å²) < 4.78 is 0. The van der Waals surface area contributed by atoms with E-state index in [0.29, 0.717) is 16.8 Å². The van der Waals surface area contributed by atoms with Gasteiger partial charge in [0.05, 0.1) is 11.3 Å². The minimum Gasteiger partial charge on any atom is -0.323 e. The molecule has 26 heavy (non-hydrogen) atoms. The summed E-state index contributed by atoms with van der Waals surface area (Å²) in [5.41, 5.74) is 0.0459. The van der Waals surface area contributed by atoms with Gasteiger partial charge < -0.3 is 10.6 Å². The third-order valence-electron chi connectivity index (χ3n) is 4.25. The Labute approximate surface area is 150 Å². The minimum absolute atomic E-state index is 0.298. The number of carbonyl (C=O) groups excluding carboxylic acids is 3. The summed E-state index contributed by atoms with van der Waals surface area (Å²) in [7, 11) is 0. The molecule has 4 amide bonds. The van der Waals surface area contributed by atoms with Crippen LogP contribution >= 0.6 is 0 Å². The van der Waals surface area contributed by atoms with Crippen LogP contribution in [0, 0.1) is 11.3 Å². The Kier molecular flexibility index (Phi) is 4.42. The minimum atomic E-state index is -1.22. The van der Waals surface area contributed by atoms with Gasteiger partial charge in [-0.15, -0.1) is 0 Å². The summed E-state index contributed by atoms with van der Waals surface area (Å²) >= 11 is 0. The first-order valence-corrected chi connectivity index (χ1v) is 7.94. The van der Waals surface area contributed by atoms with Gasteiger partial charge in [-0.05, 0) is 24.6 Å². The van der Waals surface area contributed by atoms with Gasteiger partial charge in [-0.25, -0.2) is 4.79 Å². The Morgan fingerprint density at radius 2 is 1.81 bits per heavy atom. The predicted molar refractivity (Wildman–Crippen MR) is 93.8 cm³/mol. The zero-order valence-corrected chi connectivity index (χ0v) is 14.0. The smallest absolute Gasteiger partial charge is 0.323 e. The van der Waals surface area contributed by atoms with Crippen LogP contribution in [0.25, 0.3) is 0 Å². The van der Waals surface area contributed by atoms with Crippen molar-refractivity contribution in [1.29, 1.82) is 5.26 Å². The van der Waals surface area contributed by atoms with E-state index in [1.165, 1.54) is 0 Å². The molecule has 7 nitrogen and oxygen atoms in total. The van der Waals surface area contributed by atoms with E-state index in [1.807, 2.05) is 12.1 Å². The third-order valence-corrected chi connectivity index (χ3v) is 4.25. The van der Waals surface area contributed by atoms with E-state index in [0.717, 1.165) is 4.90 Å². The zero-order chi connectivity index (χ0) is 18.7. The monoisotopic (exact) mass is 348 g/mol. The molecule has 0 aliphatic carbocycles. The molecular formula is C19H16N4O3. The molecule has 130 valence electrons. The van der Waals surface area contributed by atoms with Crippen LogP contribution < -0.4 is 10.6 Å². The lowest BCUT2D eigenvalue weighted by molar-refractivity contribution is -0.133. The van der Waals surface area contributed by atoms with Crippen LogP contribution in [-0.4, -0.2) is 29.3 Å². The lowest BCUT2D eigenvalue weighted by Gasteiger charge is -2.22.